The summed E-state index contributed by atoms with van der Waals surface area (Å²) in [7, 11) is 0. The number of nitrogens with two attached hydrogens (primary N) is 1. The zero-order valence-electron chi connectivity index (χ0n) is 10.5. The zero-order chi connectivity index (χ0) is 12.7. The molecule has 0 aromatic heterocycles. The van der Waals surface area contributed by atoms with E-state index in [1.807, 2.05) is 27.7 Å². The van der Waals surface area contributed by atoms with Crippen LogP contribution >= 0.6 is 0 Å². The summed E-state index contributed by atoms with van der Waals surface area (Å²) in [6.07, 6.45) is 0.586. The Morgan fingerprint density at radius 2 is 1.81 bits per heavy atom. The van der Waals surface area contributed by atoms with Crippen LogP contribution in [0.5, 0.6) is 0 Å². The Labute approximate surface area is 95.9 Å². The molecule has 1 heterocycles. The van der Waals surface area contributed by atoms with Crippen LogP contribution < -0.4 is 5.73 Å². The van der Waals surface area contributed by atoms with E-state index in [0.29, 0.717) is 6.42 Å². The molecule has 1 unspecified atom stereocenters. The molecule has 0 aliphatic carbocycles. The molecule has 1 aliphatic heterocycles. The standard InChI is InChI=1S/C11H20N2O3/c1-7(14)16-13-10(2,3)6-8(9(12)15)11(13,4)5/h8H,6H2,1-5H3,(H2,12,15). The van der Waals surface area contributed by atoms with Crippen LogP contribution in [0.15, 0.2) is 0 Å². The van der Waals surface area contributed by atoms with Crippen molar-refractivity contribution in [2.24, 2.45) is 11.7 Å². The summed E-state index contributed by atoms with van der Waals surface area (Å²) in [5.74, 6) is -1.05. The molecule has 0 saturated carbocycles. The maximum Gasteiger partial charge on any atom is 0.322 e. The number of primary amides is 1. The van der Waals surface area contributed by atoms with Gasteiger partial charge in [-0.2, -0.15) is 0 Å². The van der Waals surface area contributed by atoms with Gasteiger partial charge in [0.25, 0.3) is 0 Å². The molecule has 2 N–H and O–H groups in total. The van der Waals surface area contributed by atoms with E-state index < -0.39 is 5.54 Å². The molecule has 1 fully saturated rings. The average molecular weight is 228 g/mol. The van der Waals surface area contributed by atoms with Gasteiger partial charge >= 0.3 is 5.97 Å². The van der Waals surface area contributed by atoms with Gasteiger partial charge in [-0.15, -0.1) is 5.06 Å². The summed E-state index contributed by atoms with van der Waals surface area (Å²) < 4.78 is 0. The average Bonchev–Trinajstić information content (AvgIpc) is 2.24. The third-order valence-electron chi connectivity index (χ3n) is 3.19. The van der Waals surface area contributed by atoms with Crippen LogP contribution in [0.1, 0.15) is 41.0 Å². The van der Waals surface area contributed by atoms with Crippen LogP contribution in [0, 0.1) is 5.92 Å². The van der Waals surface area contributed by atoms with Gasteiger partial charge in [-0.05, 0) is 34.1 Å². The highest BCUT2D eigenvalue weighted by molar-refractivity contribution is 5.79. The molecule has 1 aliphatic rings. The molecule has 16 heavy (non-hydrogen) atoms. The first kappa shape index (κ1) is 13.0. The zero-order valence-corrected chi connectivity index (χ0v) is 10.5. The minimum Gasteiger partial charge on any atom is -0.369 e. The van der Waals surface area contributed by atoms with E-state index in [-0.39, 0.29) is 23.3 Å². The number of carbonyl (C=O) groups is 2. The van der Waals surface area contributed by atoms with E-state index >= 15 is 0 Å². The van der Waals surface area contributed by atoms with Crippen molar-refractivity contribution in [3.8, 4) is 0 Å². The van der Waals surface area contributed by atoms with Gasteiger partial charge in [0.2, 0.25) is 5.91 Å². The second-order valence-electron chi connectivity index (χ2n) is 5.50. The third kappa shape index (κ3) is 2.04. The summed E-state index contributed by atoms with van der Waals surface area (Å²) in [6, 6.07) is 0. The molecule has 1 saturated heterocycles. The summed E-state index contributed by atoms with van der Waals surface area (Å²) >= 11 is 0. The van der Waals surface area contributed by atoms with Crippen LogP contribution in [0.3, 0.4) is 0 Å². The number of hydrogen-bond acceptors (Lipinski definition) is 4. The number of hydroxylamine groups is 2. The number of hydrogen-bond donors (Lipinski definition) is 1. The van der Waals surface area contributed by atoms with Crippen molar-refractivity contribution in [2.75, 3.05) is 0 Å². The molecule has 1 amide bonds. The van der Waals surface area contributed by atoms with Gasteiger partial charge in [-0.25, -0.2) is 0 Å². The molecule has 5 heteroatoms. The van der Waals surface area contributed by atoms with Crippen molar-refractivity contribution >= 4 is 11.9 Å². The highest BCUT2D eigenvalue weighted by Gasteiger charge is 2.56. The predicted octanol–water partition coefficient (Wildman–Crippen LogP) is 0.829. The fraction of sp³-hybridized carbons (Fsp3) is 0.818. The molecule has 0 bridgehead atoms. The largest absolute Gasteiger partial charge is 0.369 e. The lowest BCUT2D eigenvalue weighted by Crippen LogP contribution is -2.51. The van der Waals surface area contributed by atoms with E-state index in [4.69, 9.17) is 10.6 Å². The normalized spacial score (nSPS) is 27.7. The predicted molar refractivity (Wildman–Crippen MR) is 59.1 cm³/mol. The Balaban J connectivity index is 3.05. The topological polar surface area (TPSA) is 72.6 Å². The van der Waals surface area contributed by atoms with Crippen molar-refractivity contribution in [3.05, 3.63) is 0 Å². The molecule has 0 spiro atoms. The molecule has 1 atom stereocenters. The molecular formula is C11H20N2O3. The molecule has 5 nitrogen and oxygen atoms in total. The minimum atomic E-state index is -0.568. The van der Waals surface area contributed by atoms with E-state index in [1.165, 1.54) is 6.92 Å². The second kappa shape index (κ2) is 3.73. The fourth-order valence-corrected chi connectivity index (χ4v) is 2.57. The first-order valence-electron chi connectivity index (χ1n) is 5.37. The quantitative estimate of drug-likeness (QED) is 0.759. The highest BCUT2D eigenvalue weighted by Crippen LogP contribution is 2.44. The van der Waals surface area contributed by atoms with Gasteiger partial charge in [-0.3, -0.25) is 9.59 Å². The number of nitrogens with zero attached hydrogens (tertiary/aromatic N) is 1. The molecule has 0 aromatic carbocycles. The van der Waals surface area contributed by atoms with Gasteiger partial charge in [0, 0.05) is 6.92 Å². The first-order valence-corrected chi connectivity index (χ1v) is 5.37. The Hall–Kier alpha value is -1.10. The van der Waals surface area contributed by atoms with E-state index in [0.717, 1.165) is 0 Å². The van der Waals surface area contributed by atoms with Crippen molar-refractivity contribution in [1.29, 1.82) is 0 Å². The van der Waals surface area contributed by atoms with Gasteiger partial charge in [0.1, 0.15) is 0 Å². The van der Waals surface area contributed by atoms with Crippen LogP contribution in [0.25, 0.3) is 0 Å². The summed E-state index contributed by atoms with van der Waals surface area (Å²) in [5, 5.41) is 1.60. The van der Waals surface area contributed by atoms with Gasteiger partial charge in [0.05, 0.1) is 17.0 Å². The fourth-order valence-electron chi connectivity index (χ4n) is 2.57. The van der Waals surface area contributed by atoms with Crippen LogP contribution in [0.2, 0.25) is 0 Å². The Kier molecular flexibility index (Phi) is 3.02. The van der Waals surface area contributed by atoms with E-state index in [9.17, 15) is 9.59 Å². The van der Waals surface area contributed by atoms with Crippen molar-refractivity contribution in [3.63, 3.8) is 0 Å². The molecular weight excluding hydrogens is 208 g/mol. The SMILES string of the molecule is CC(=O)ON1C(C)(C)CC(C(N)=O)C1(C)C. The summed E-state index contributed by atoms with van der Waals surface area (Å²) in [5.41, 5.74) is 4.43. The molecule has 0 aromatic rings. The molecule has 0 radical (unpaired) electrons. The lowest BCUT2D eigenvalue weighted by molar-refractivity contribution is -0.234. The maximum atomic E-state index is 11.4. The lowest BCUT2D eigenvalue weighted by atomic mass is 9.86. The van der Waals surface area contributed by atoms with E-state index in [2.05, 4.69) is 0 Å². The van der Waals surface area contributed by atoms with Crippen molar-refractivity contribution in [2.45, 2.75) is 52.1 Å². The smallest absolute Gasteiger partial charge is 0.322 e. The monoisotopic (exact) mass is 228 g/mol. The third-order valence-corrected chi connectivity index (χ3v) is 3.19. The Morgan fingerprint density at radius 3 is 2.12 bits per heavy atom. The van der Waals surface area contributed by atoms with Gasteiger partial charge in [-0.1, -0.05) is 0 Å². The van der Waals surface area contributed by atoms with Gasteiger partial charge < -0.3 is 10.6 Å². The minimum absolute atomic E-state index is 0.318. The summed E-state index contributed by atoms with van der Waals surface area (Å²) in [6.45, 7) is 8.94. The van der Waals surface area contributed by atoms with Crippen molar-refractivity contribution < 1.29 is 14.4 Å². The number of rotatable bonds is 2. The molecule has 92 valence electrons. The first-order chi connectivity index (χ1) is 7.09. The van der Waals surface area contributed by atoms with Crippen LogP contribution in [-0.4, -0.2) is 28.0 Å². The van der Waals surface area contributed by atoms with Crippen molar-refractivity contribution in [1.82, 2.24) is 5.06 Å². The maximum absolute atomic E-state index is 11.4. The van der Waals surface area contributed by atoms with Crippen LogP contribution in [0.4, 0.5) is 0 Å². The summed E-state index contributed by atoms with van der Waals surface area (Å²) in [4.78, 5) is 27.7. The Morgan fingerprint density at radius 1 is 1.31 bits per heavy atom. The molecule has 1 rings (SSSR count). The van der Waals surface area contributed by atoms with Crippen LogP contribution in [-0.2, 0) is 14.4 Å². The van der Waals surface area contributed by atoms with E-state index in [1.54, 1.807) is 5.06 Å². The lowest BCUT2D eigenvalue weighted by Gasteiger charge is -2.38. The Bertz CT molecular complexity index is 323. The number of amides is 1. The second-order valence-corrected chi connectivity index (χ2v) is 5.50. The number of carbonyl (C=O) groups excluding carboxylic acids is 2. The highest BCUT2D eigenvalue weighted by atomic mass is 16.7. The van der Waals surface area contributed by atoms with Gasteiger partial charge in [0.15, 0.2) is 0 Å².